The van der Waals surface area contributed by atoms with Crippen molar-refractivity contribution in [2.45, 2.75) is 46.7 Å². The van der Waals surface area contributed by atoms with Crippen molar-refractivity contribution in [2.24, 2.45) is 5.92 Å². The third kappa shape index (κ3) is 6.40. The van der Waals surface area contributed by atoms with Crippen molar-refractivity contribution < 1.29 is 9.63 Å². The van der Waals surface area contributed by atoms with Crippen LogP contribution in [0.1, 0.15) is 34.6 Å². The molecular weight excluding hydrogens is 168 g/mol. The summed E-state index contributed by atoms with van der Waals surface area (Å²) in [6.45, 7) is 9.84. The van der Waals surface area contributed by atoms with Crippen LogP contribution in [0.3, 0.4) is 0 Å². The summed E-state index contributed by atoms with van der Waals surface area (Å²) in [6.07, 6.45) is -0.428. The Morgan fingerprint density at radius 1 is 1.15 bits per heavy atom. The molecule has 0 aromatic rings. The van der Waals surface area contributed by atoms with E-state index in [9.17, 15) is 4.79 Å². The van der Waals surface area contributed by atoms with E-state index in [1.165, 1.54) is 0 Å². The van der Waals surface area contributed by atoms with E-state index in [0.29, 0.717) is 5.92 Å². The van der Waals surface area contributed by atoms with E-state index in [-0.39, 0.29) is 12.1 Å². The molecule has 0 saturated heterocycles. The summed E-state index contributed by atoms with van der Waals surface area (Å²) in [5, 5.41) is 2.61. The van der Waals surface area contributed by atoms with Gasteiger partial charge >= 0.3 is 6.09 Å². The van der Waals surface area contributed by atoms with Crippen LogP contribution in [0.5, 0.6) is 0 Å². The van der Waals surface area contributed by atoms with Gasteiger partial charge in [-0.3, -0.25) is 0 Å². The van der Waals surface area contributed by atoms with Gasteiger partial charge in [-0.1, -0.05) is 13.8 Å². The Labute approximate surface area is 80.0 Å². The van der Waals surface area contributed by atoms with E-state index < -0.39 is 6.09 Å². The summed E-state index contributed by atoms with van der Waals surface area (Å²) in [7, 11) is 0. The molecule has 2 N–H and O–H groups in total. The topological polar surface area (TPSA) is 50.4 Å². The van der Waals surface area contributed by atoms with E-state index >= 15 is 0 Å². The summed E-state index contributed by atoms with van der Waals surface area (Å²) >= 11 is 0. The predicted molar refractivity (Wildman–Crippen MR) is 52.2 cm³/mol. The lowest BCUT2D eigenvalue weighted by atomic mass is 10.1. The zero-order valence-electron chi connectivity index (χ0n) is 9.05. The standard InChI is InChI=1S/C9H20N2O2/c1-6(2)8(5)11-13-9(12)10-7(3)4/h6-8,11H,1-5H3,(H,10,12). The summed E-state index contributed by atoms with van der Waals surface area (Å²) in [4.78, 5) is 15.8. The lowest BCUT2D eigenvalue weighted by Gasteiger charge is -2.17. The summed E-state index contributed by atoms with van der Waals surface area (Å²) in [5.41, 5.74) is 2.68. The molecule has 4 heteroatoms. The Balaban J connectivity index is 3.58. The Kier molecular flexibility index (Phi) is 5.46. The zero-order chi connectivity index (χ0) is 10.4. The highest BCUT2D eigenvalue weighted by Gasteiger charge is 2.09. The molecule has 0 aliphatic carbocycles. The van der Waals surface area contributed by atoms with Crippen LogP contribution in [0.4, 0.5) is 4.79 Å². The summed E-state index contributed by atoms with van der Waals surface area (Å²) in [5.74, 6) is 0.437. The maximum absolute atomic E-state index is 11.0. The second kappa shape index (κ2) is 5.80. The van der Waals surface area contributed by atoms with Gasteiger partial charge in [0.1, 0.15) is 0 Å². The molecular formula is C9H20N2O2. The minimum Gasteiger partial charge on any atom is -0.354 e. The molecule has 0 rings (SSSR count). The van der Waals surface area contributed by atoms with E-state index in [0.717, 1.165) is 0 Å². The van der Waals surface area contributed by atoms with Gasteiger partial charge < -0.3 is 10.2 Å². The van der Waals surface area contributed by atoms with Crippen LogP contribution in [-0.4, -0.2) is 18.2 Å². The van der Waals surface area contributed by atoms with Crippen LogP contribution in [-0.2, 0) is 4.84 Å². The fourth-order valence-electron chi connectivity index (χ4n) is 0.548. The van der Waals surface area contributed by atoms with Gasteiger partial charge in [-0.15, -0.1) is 5.48 Å². The minimum absolute atomic E-state index is 0.101. The van der Waals surface area contributed by atoms with Crippen molar-refractivity contribution in [3.63, 3.8) is 0 Å². The zero-order valence-corrected chi connectivity index (χ0v) is 9.05. The quantitative estimate of drug-likeness (QED) is 0.660. The summed E-state index contributed by atoms with van der Waals surface area (Å²) < 4.78 is 0. The number of rotatable bonds is 4. The molecule has 1 atom stereocenters. The first-order chi connectivity index (χ1) is 5.93. The van der Waals surface area contributed by atoms with Crippen molar-refractivity contribution in [1.29, 1.82) is 0 Å². The minimum atomic E-state index is -0.428. The highest BCUT2D eigenvalue weighted by molar-refractivity contribution is 5.67. The molecule has 4 nitrogen and oxygen atoms in total. The highest BCUT2D eigenvalue weighted by atomic mass is 16.7. The van der Waals surface area contributed by atoms with Crippen LogP contribution < -0.4 is 10.8 Å². The fraction of sp³-hybridized carbons (Fsp3) is 0.889. The number of carbonyl (C=O) groups is 1. The van der Waals surface area contributed by atoms with Gasteiger partial charge in [0.15, 0.2) is 0 Å². The molecule has 1 amide bonds. The Morgan fingerprint density at radius 3 is 2.08 bits per heavy atom. The molecule has 0 aromatic carbocycles. The average Bonchev–Trinajstić information content (AvgIpc) is 1.98. The molecule has 0 bridgehead atoms. The van der Waals surface area contributed by atoms with E-state index in [1.807, 2.05) is 20.8 Å². The van der Waals surface area contributed by atoms with Crippen LogP contribution >= 0.6 is 0 Å². The third-order valence-electron chi connectivity index (χ3n) is 1.74. The first-order valence-electron chi connectivity index (χ1n) is 4.66. The van der Waals surface area contributed by atoms with E-state index in [2.05, 4.69) is 24.6 Å². The average molecular weight is 188 g/mol. The number of amides is 1. The molecule has 0 spiro atoms. The third-order valence-corrected chi connectivity index (χ3v) is 1.74. The molecule has 0 saturated carbocycles. The van der Waals surface area contributed by atoms with Crippen molar-refractivity contribution in [3.8, 4) is 0 Å². The highest BCUT2D eigenvalue weighted by Crippen LogP contribution is 1.99. The van der Waals surface area contributed by atoms with Gasteiger partial charge in [0.05, 0.1) is 0 Å². The monoisotopic (exact) mass is 188 g/mol. The molecule has 0 fully saturated rings. The maximum atomic E-state index is 11.0. The van der Waals surface area contributed by atoms with Crippen LogP contribution in [0.25, 0.3) is 0 Å². The molecule has 0 aliphatic rings. The number of carbonyl (C=O) groups excluding carboxylic acids is 1. The number of nitrogens with one attached hydrogen (secondary N) is 2. The van der Waals surface area contributed by atoms with E-state index in [4.69, 9.17) is 4.84 Å². The maximum Gasteiger partial charge on any atom is 0.426 e. The SMILES string of the molecule is CC(C)NC(=O)ONC(C)C(C)C. The van der Waals surface area contributed by atoms with E-state index in [1.54, 1.807) is 0 Å². The van der Waals surface area contributed by atoms with Crippen molar-refractivity contribution >= 4 is 6.09 Å². The van der Waals surface area contributed by atoms with Crippen molar-refractivity contribution in [2.75, 3.05) is 0 Å². The second-order valence-electron chi connectivity index (χ2n) is 3.84. The van der Waals surface area contributed by atoms with Gasteiger partial charge in [0, 0.05) is 12.1 Å². The normalized spacial score (nSPS) is 13.2. The van der Waals surface area contributed by atoms with Crippen LogP contribution in [0.15, 0.2) is 0 Å². The smallest absolute Gasteiger partial charge is 0.354 e. The van der Waals surface area contributed by atoms with Gasteiger partial charge in [0.25, 0.3) is 0 Å². The van der Waals surface area contributed by atoms with Gasteiger partial charge in [-0.05, 0) is 26.7 Å². The Morgan fingerprint density at radius 2 is 1.69 bits per heavy atom. The van der Waals surface area contributed by atoms with Crippen LogP contribution in [0.2, 0.25) is 0 Å². The molecule has 0 aliphatic heterocycles. The number of hydrogen-bond acceptors (Lipinski definition) is 3. The Bertz CT molecular complexity index is 158. The molecule has 13 heavy (non-hydrogen) atoms. The predicted octanol–water partition coefficient (Wildman–Crippen LogP) is 1.67. The Hall–Kier alpha value is -0.770. The molecule has 0 heterocycles. The molecule has 0 aromatic heterocycles. The molecule has 0 radical (unpaired) electrons. The first kappa shape index (κ1) is 12.2. The van der Waals surface area contributed by atoms with Gasteiger partial charge in [-0.2, -0.15) is 0 Å². The van der Waals surface area contributed by atoms with Crippen molar-refractivity contribution in [1.82, 2.24) is 10.8 Å². The number of hydroxylamine groups is 1. The van der Waals surface area contributed by atoms with Gasteiger partial charge in [0.2, 0.25) is 0 Å². The lowest BCUT2D eigenvalue weighted by Crippen LogP contribution is -2.39. The van der Waals surface area contributed by atoms with Crippen molar-refractivity contribution in [3.05, 3.63) is 0 Å². The lowest BCUT2D eigenvalue weighted by molar-refractivity contribution is 0.0602. The molecule has 1 unspecified atom stereocenters. The second-order valence-corrected chi connectivity index (χ2v) is 3.84. The number of hydrogen-bond donors (Lipinski definition) is 2. The largest absolute Gasteiger partial charge is 0.426 e. The molecule has 78 valence electrons. The summed E-state index contributed by atoms with van der Waals surface area (Å²) in [6, 6.07) is 0.265. The van der Waals surface area contributed by atoms with Gasteiger partial charge in [-0.25, -0.2) is 4.79 Å². The van der Waals surface area contributed by atoms with Crippen LogP contribution in [0, 0.1) is 5.92 Å². The fourth-order valence-corrected chi connectivity index (χ4v) is 0.548. The first-order valence-corrected chi connectivity index (χ1v) is 4.66.